The summed E-state index contributed by atoms with van der Waals surface area (Å²) in [6, 6.07) is 4.42. The first-order valence-corrected chi connectivity index (χ1v) is 9.07. The Balaban J connectivity index is 0.00000225. The highest BCUT2D eigenvalue weighted by molar-refractivity contribution is 5.57. The van der Waals surface area contributed by atoms with Crippen molar-refractivity contribution >= 4 is 5.69 Å². The van der Waals surface area contributed by atoms with Gasteiger partial charge in [0.05, 0.1) is 20.3 Å². The molecule has 0 aromatic heterocycles. The molecule has 24 heavy (non-hydrogen) atoms. The number of likely N-dealkylation sites (tertiary alicyclic amines) is 1. The van der Waals surface area contributed by atoms with Crippen molar-refractivity contribution in [2.75, 3.05) is 52.3 Å². The minimum absolute atomic E-state index is 0. The largest absolute Gasteiger partial charge is 0.496 e. The quantitative estimate of drug-likeness (QED) is 0.865. The zero-order chi connectivity index (χ0) is 17.0. The van der Waals surface area contributed by atoms with Crippen molar-refractivity contribution in [1.29, 1.82) is 0 Å². The van der Waals surface area contributed by atoms with Gasteiger partial charge in [0.1, 0.15) is 5.75 Å². The molecule has 2 aliphatic rings. The smallest absolute Gasteiger partial charge is 0.170 e. The lowest BCUT2D eigenvalue weighted by Gasteiger charge is -2.37. The Morgan fingerprint density at radius 1 is 1.21 bits per heavy atom. The maximum atomic E-state index is 5.81. The first kappa shape index (κ1) is 17.5. The molecular formula is C19H32N2O3. The molecule has 2 fully saturated rings. The third-order valence-corrected chi connectivity index (χ3v) is 5.29. The second-order valence-corrected chi connectivity index (χ2v) is 6.62. The number of piperidine rings is 1. The van der Waals surface area contributed by atoms with Crippen LogP contribution in [0.5, 0.6) is 5.75 Å². The van der Waals surface area contributed by atoms with Crippen LogP contribution in [0.1, 0.15) is 32.3 Å². The number of ether oxygens (including phenoxy) is 3. The van der Waals surface area contributed by atoms with Crippen LogP contribution in [-0.2, 0) is 22.3 Å². The fourth-order valence-corrected chi connectivity index (χ4v) is 3.76. The SMILES string of the molecule is CCc1cc(OC)c(CCN2CCC3(CC2)OCCO3)cc1NC.[HH]. The number of nitrogens with one attached hydrogen (secondary N) is 1. The molecule has 0 aliphatic carbocycles. The van der Waals surface area contributed by atoms with E-state index in [1.807, 2.05) is 7.05 Å². The molecule has 1 N–H and O–H groups in total. The lowest BCUT2D eigenvalue weighted by molar-refractivity contribution is -0.185. The molecule has 2 saturated heterocycles. The Morgan fingerprint density at radius 2 is 1.92 bits per heavy atom. The van der Waals surface area contributed by atoms with Gasteiger partial charge in [-0.05, 0) is 36.1 Å². The number of aryl methyl sites for hydroxylation is 1. The van der Waals surface area contributed by atoms with Crippen LogP contribution < -0.4 is 10.1 Å². The molecule has 5 heteroatoms. The van der Waals surface area contributed by atoms with Gasteiger partial charge < -0.3 is 24.4 Å². The second-order valence-electron chi connectivity index (χ2n) is 6.62. The van der Waals surface area contributed by atoms with Crippen LogP contribution in [0.2, 0.25) is 0 Å². The van der Waals surface area contributed by atoms with E-state index in [0.717, 1.165) is 64.3 Å². The van der Waals surface area contributed by atoms with Gasteiger partial charge in [-0.25, -0.2) is 0 Å². The van der Waals surface area contributed by atoms with Crippen molar-refractivity contribution in [3.63, 3.8) is 0 Å². The highest BCUT2D eigenvalue weighted by atomic mass is 16.7. The van der Waals surface area contributed by atoms with Gasteiger partial charge in [-0.3, -0.25) is 0 Å². The first-order valence-electron chi connectivity index (χ1n) is 9.07. The van der Waals surface area contributed by atoms with Crippen LogP contribution in [0.15, 0.2) is 12.1 Å². The molecule has 1 aromatic carbocycles. The van der Waals surface area contributed by atoms with Crippen molar-refractivity contribution in [1.82, 2.24) is 4.90 Å². The molecule has 2 heterocycles. The van der Waals surface area contributed by atoms with Crippen LogP contribution in [0, 0.1) is 0 Å². The number of anilines is 1. The minimum atomic E-state index is -0.281. The molecule has 0 radical (unpaired) electrons. The Bertz CT molecular complexity index is 552. The lowest BCUT2D eigenvalue weighted by atomic mass is 10.0. The van der Waals surface area contributed by atoms with Gasteiger partial charge in [-0.2, -0.15) is 0 Å². The second kappa shape index (κ2) is 7.72. The Morgan fingerprint density at radius 3 is 2.50 bits per heavy atom. The molecule has 136 valence electrons. The average Bonchev–Trinajstić information content (AvgIpc) is 3.08. The van der Waals surface area contributed by atoms with Crippen LogP contribution >= 0.6 is 0 Å². The van der Waals surface area contributed by atoms with Gasteiger partial charge in [0.2, 0.25) is 0 Å². The van der Waals surface area contributed by atoms with Gasteiger partial charge >= 0.3 is 0 Å². The van der Waals surface area contributed by atoms with Crippen LogP contribution in [0.3, 0.4) is 0 Å². The molecule has 0 bridgehead atoms. The van der Waals surface area contributed by atoms with Crippen LogP contribution in [-0.4, -0.2) is 57.7 Å². The van der Waals surface area contributed by atoms with Gasteiger partial charge in [0.15, 0.2) is 5.79 Å². The van der Waals surface area contributed by atoms with E-state index in [2.05, 4.69) is 29.3 Å². The molecule has 0 unspecified atom stereocenters. The zero-order valence-corrected chi connectivity index (χ0v) is 15.2. The normalized spacial score (nSPS) is 20.5. The summed E-state index contributed by atoms with van der Waals surface area (Å²) < 4.78 is 17.2. The van der Waals surface area contributed by atoms with E-state index in [1.54, 1.807) is 7.11 Å². The average molecular weight is 336 g/mol. The lowest BCUT2D eigenvalue weighted by Crippen LogP contribution is -2.45. The fraction of sp³-hybridized carbons (Fsp3) is 0.684. The number of nitrogens with zero attached hydrogens (tertiary/aromatic N) is 1. The molecule has 0 saturated carbocycles. The topological polar surface area (TPSA) is 43.0 Å². The zero-order valence-electron chi connectivity index (χ0n) is 15.2. The molecule has 0 atom stereocenters. The third kappa shape index (κ3) is 3.68. The highest BCUT2D eigenvalue weighted by Gasteiger charge is 2.39. The predicted octanol–water partition coefficient (Wildman–Crippen LogP) is 2.93. The van der Waals surface area contributed by atoms with Crippen molar-refractivity contribution in [3.8, 4) is 5.75 Å². The molecule has 5 nitrogen and oxygen atoms in total. The number of hydrogen-bond donors (Lipinski definition) is 1. The number of hydrogen-bond acceptors (Lipinski definition) is 5. The molecular weight excluding hydrogens is 304 g/mol. The van der Waals surface area contributed by atoms with Crippen molar-refractivity contribution in [3.05, 3.63) is 23.3 Å². The summed E-state index contributed by atoms with van der Waals surface area (Å²) in [6.45, 7) is 6.77. The summed E-state index contributed by atoms with van der Waals surface area (Å²) in [4.78, 5) is 2.50. The summed E-state index contributed by atoms with van der Waals surface area (Å²) in [7, 11) is 3.74. The van der Waals surface area contributed by atoms with Crippen molar-refractivity contribution in [2.24, 2.45) is 0 Å². The predicted molar refractivity (Wildman–Crippen MR) is 98.0 cm³/mol. The fourth-order valence-electron chi connectivity index (χ4n) is 3.76. The van der Waals surface area contributed by atoms with Gasteiger partial charge in [-0.15, -0.1) is 0 Å². The molecule has 2 aliphatic heterocycles. The van der Waals surface area contributed by atoms with E-state index >= 15 is 0 Å². The Hall–Kier alpha value is -1.30. The minimum Gasteiger partial charge on any atom is -0.496 e. The monoisotopic (exact) mass is 336 g/mol. The third-order valence-electron chi connectivity index (χ3n) is 5.29. The van der Waals surface area contributed by atoms with Gasteiger partial charge in [-0.1, -0.05) is 6.92 Å². The van der Waals surface area contributed by atoms with Crippen molar-refractivity contribution in [2.45, 2.75) is 38.4 Å². The maximum Gasteiger partial charge on any atom is 0.170 e. The summed E-state index contributed by atoms with van der Waals surface area (Å²) in [5, 5.41) is 3.31. The van der Waals surface area contributed by atoms with E-state index in [-0.39, 0.29) is 7.21 Å². The first-order chi connectivity index (χ1) is 11.7. The standard InChI is InChI=1S/C19H30N2O3.H2/c1-4-15-14-18(22-3)16(13-17(15)20-2)5-8-21-9-6-19(7-10-21)23-11-12-24-19;/h13-14,20H,4-12H2,1-3H3;1H. The van der Waals surface area contributed by atoms with Gasteiger partial charge in [0, 0.05) is 46.6 Å². The van der Waals surface area contributed by atoms with E-state index in [0.29, 0.717) is 0 Å². The Kier molecular flexibility index (Phi) is 5.64. The molecule has 3 rings (SSSR count). The highest BCUT2D eigenvalue weighted by Crippen LogP contribution is 2.32. The van der Waals surface area contributed by atoms with Gasteiger partial charge in [0.25, 0.3) is 0 Å². The van der Waals surface area contributed by atoms with E-state index in [4.69, 9.17) is 14.2 Å². The number of rotatable bonds is 6. The number of methoxy groups -OCH3 is 1. The summed E-state index contributed by atoms with van der Waals surface area (Å²) in [5.41, 5.74) is 3.78. The van der Waals surface area contributed by atoms with E-state index in [1.165, 1.54) is 16.8 Å². The summed E-state index contributed by atoms with van der Waals surface area (Å²) in [6.07, 6.45) is 3.94. The summed E-state index contributed by atoms with van der Waals surface area (Å²) in [5.74, 6) is 0.720. The molecule has 1 aromatic rings. The van der Waals surface area contributed by atoms with E-state index < -0.39 is 0 Å². The van der Waals surface area contributed by atoms with Crippen LogP contribution in [0.25, 0.3) is 0 Å². The van der Waals surface area contributed by atoms with Crippen molar-refractivity contribution < 1.29 is 15.6 Å². The van der Waals surface area contributed by atoms with E-state index in [9.17, 15) is 0 Å². The molecule has 0 amide bonds. The molecule has 1 spiro atoms. The Labute approximate surface area is 146 Å². The maximum absolute atomic E-state index is 5.81. The van der Waals surface area contributed by atoms with Crippen LogP contribution in [0.4, 0.5) is 5.69 Å². The summed E-state index contributed by atoms with van der Waals surface area (Å²) >= 11 is 0. The number of benzene rings is 1.